The van der Waals surface area contributed by atoms with E-state index >= 15 is 0 Å². The van der Waals surface area contributed by atoms with E-state index in [9.17, 15) is 8.42 Å². The molecule has 4 rings (SSSR count). The number of hydrogen-bond donors (Lipinski definition) is 1. The first-order valence-electron chi connectivity index (χ1n) is 10.2. The Morgan fingerprint density at radius 3 is 2.76 bits per heavy atom. The molecule has 0 aromatic carbocycles. The molecule has 0 aliphatic carbocycles. The minimum Gasteiger partial charge on any atom is -0.370 e. The Hall–Kier alpha value is -2.13. The summed E-state index contributed by atoms with van der Waals surface area (Å²) in [5.74, 6) is 1.34. The average molecular weight is 419 g/mol. The first kappa shape index (κ1) is 20.2. The van der Waals surface area contributed by atoms with E-state index in [1.807, 2.05) is 19.2 Å². The summed E-state index contributed by atoms with van der Waals surface area (Å²) in [6, 6.07) is 2.14. The highest BCUT2D eigenvalue weighted by molar-refractivity contribution is 7.89. The van der Waals surface area contributed by atoms with Crippen LogP contribution in [0.1, 0.15) is 30.3 Å². The standard InChI is InChI=1S/C20H30N6O2S/c1-13-8-11-26(29(27,28)19-14(2)23-25(5)15(19)3)12-18(13)24(4)17-7-10-22-20-16(17)6-9-21-20/h7,10,13,18H,6,8-9,11-12H2,1-5H3,(H,21,22)/t13-,18?/m1/s1. The van der Waals surface area contributed by atoms with Gasteiger partial charge in [0, 0.05) is 57.2 Å². The zero-order chi connectivity index (χ0) is 20.9. The number of hydrogen-bond acceptors (Lipinski definition) is 6. The van der Waals surface area contributed by atoms with Gasteiger partial charge >= 0.3 is 0 Å². The number of fused-ring (bicyclic) bond motifs is 1. The van der Waals surface area contributed by atoms with Gasteiger partial charge in [-0.1, -0.05) is 6.92 Å². The third kappa shape index (κ3) is 3.30. The Morgan fingerprint density at radius 1 is 1.31 bits per heavy atom. The smallest absolute Gasteiger partial charge is 0.246 e. The fourth-order valence-electron chi connectivity index (χ4n) is 4.70. The van der Waals surface area contributed by atoms with Gasteiger partial charge in [-0.25, -0.2) is 13.4 Å². The van der Waals surface area contributed by atoms with Crippen LogP contribution in [-0.4, -0.2) is 60.2 Å². The van der Waals surface area contributed by atoms with Gasteiger partial charge in [-0.3, -0.25) is 4.68 Å². The molecule has 2 aromatic rings. The third-order valence-electron chi connectivity index (χ3n) is 6.50. The van der Waals surface area contributed by atoms with Crippen molar-refractivity contribution in [1.82, 2.24) is 19.1 Å². The van der Waals surface area contributed by atoms with E-state index in [-0.39, 0.29) is 6.04 Å². The quantitative estimate of drug-likeness (QED) is 0.817. The predicted octanol–water partition coefficient (Wildman–Crippen LogP) is 1.94. The van der Waals surface area contributed by atoms with Crippen LogP contribution in [0.25, 0.3) is 0 Å². The molecule has 2 atom stereocenters. The lowest BCUT2D eigenvalue weighted by atomic mass is 9.93. The van der Waals surface area contributed by atoms with Gasteiger partial charge in [-0.05, 0) is 38.7 Å². The van der Waals surface area contributed by atoms with Crippen molar-refractivity contribution in [3.05, 3.63) is 29.2 Å². The molecule has 1 N–H and O–H groups in total. The first-order chi connectivity index (χ1) is 13.7. The Labute approximate surface area is 173 Å². The lowest BCUT2D eigenvalue weighted by molar-refractivity contribution is 0.247. The summed E-state index contributed by atoms with van der Waals surface area (Å²) < 4.78 is 30.2. The van der Waals surface area contributed by atoms with E-state index in [2.05, 4.69) is 34.3 Å². The summed E-state index contributed by atoms with van der Waals surface area (Å²) >= 11 is 0. The molecule has 0 radical (unpaired) electrons. The molecule has 1 unspecified atom stereocenters. The second kappa shape index (κ2) is 7.28. The topological polar surface area (TPSA) is 83.4 Å². The summed E-state index contributed by atoms with van der Waals surface area (Å²) in [5, 5.41) is 7.64. The monoisotopic (exact) mass is 418 g/mol. The molecule has 0 spiro atoms. The molecule has 4 heterocycles. The number of likely N-dealkylation sites (N-methyl/N-ethyl adjacent to an activating group) is 1. The zero-order valence-electron chi connectivity index (χ0n) is 17.8. The minimum absolute atomic E-state index is 0.0999. The van der Waals surface area contributed by atoms with Gasteiger partial charge in [0.2, 0.25) is 10.0 Å². The molecule has 2 aliphatic rings. The van der Waals surface area contributed by atoms with Crippen LogP contribution < -0.4 is 10.2 Å². The molecule has 0 saturated carbocycles. The van der Waals surface area contributed by atoms with Crippen LogP contribution in [0.5, 0.6) is 0 Å². The van der Waals surface area contributed by atoms with Crippen LogP contribution in [0.2, 0.25) is 0 Å². The van der Waals surface area contributed by atoms with Gasteiger partial charge in [-0.2, -0.15) is 9.40 Å². The Balaban J connectivity index is 1.64. The van der Waals surface area contributed by atoms with E-state index in [1.54, 1.807) is 23.0 Å². The minimum atomic E-state index is -3.59. The average Bonchev–Trinajstić information content (AvgIpc) is 3.25. The summed E-state index contributed by atoms with van der Waals surface area (Å²) in [6.07, 6.45) is 3.60. The Morgan fingerprint density at radius 2 is 2.07 bits per heavy atom. The number of pyridine rings is 1. The summed E-state index contributed by atoms with van der Waals surface area (Å²) in [5.41, 5.74) is 3.61. The first-order valence-corrected chi connectivity index (χ1v) is 11.6. The number of piperidine rings is 1. The predicted molar refractivity (Wildman–Crippen MR) is 114 cm³/mol. The SMILES string of the molecule is Cc1nn(C)c(C)c1S(=O)(=O)N1CC[C@@H](C)C(N(C)c2ccnc3c2CCN3)C1. The molecular weight excluding hydrogens is 388 g/mol. The number of nitrogens with zero attached hydrogens (tertiary/aromatic N) is 5. The van der Waals surface area contributed by atoms with Crippen molar-refractivity contribution in [2.45, 2.75) is 44.6 Å². The maximum atomic E-state index is 13.5. The molecule has 158 valence electrons. The van der Waals surface area contributed by atoms with Crippen LogP contribution in [0.4, 0.5) is 11.5 Å². The molecule has 9 heteroatoms. The van der Waals surface area contributed by atoms with Crippen LogP contribution in [0.15, 0.2) is 17.2 Å². The molecular formula is C20H30N6O2S. The number of sulfonamides is 1. The second-order valence-corrected chi connectivity index (χ2v) is 10.1. The van der Waals surface area contributed by atoms with Crippen LogP contribution in [0.3, 0.4) is 0 Å². The van der Waals surface area contributed by atoms with E-state index in [4.69, 9.17) is 0 Å². The molecule has 0 bridgehead atoms. The number of aromatic nitrogens is 3. The van der Waals surface area contributed by atoms with Crippen molar-refractivity contribution in [3.8, 4) is 0 Å². The van der Waals surface area contributed by atoms with E-state index in [0.29, 0.717) is 35.3 Å². The fraction of sp³-hybridized carbons (Fsp3) is 0.600. The lowest BCUT2D eigenvalue weighted by Crippen LogP contribution is -2.52. The highest BCUT2D eigenvalue weighted by atomic mass is 32.2. The van der Waals surface area contributed by atoms with Gasteiger partial charge in [-0.15, -0.1) is 0 Å². The molecule has 29 heavy (non-hydrogen) atoms. The lowest BCUT2D eigenvalue weighted by Gasteiger charge is -2.42. The summed E-state index contributed by atoms with van der Waals surface area (Å²) in [4.78, 5) is 7.03. The zero-order valence-corrected chi connectivity index (χ0v) is 18.6. The normalized spacial score (nSPS) is 22.4. The van der Waals surface area contributed by atoms with Gasteiger partial charge in [0.15, 0.2) is 0 Å². The summed E-state index contributed by atoms with van der Waals surface area (Å²) in [7, 11) is 0.274. The van der Waals surface area contributed by atoms with Crippen LogP contribution in [-0.2, 0) is 23.5 Å². The van der Waals surface area contributed by atoms with Gasteiger partial charge in [0.1, 0.15) is 10.7 Å². The van der Waals surface area contributed by atoms with Crippen LogP contribution >= 0.6 is 0 Å². The summed E-state index contributed by atoms with van der Waals surface area (Å²) in [6.45, 7) is 7.70. The molecule has 0 amide bonds. The Bertz CT molecular complexity index is 1030. The van der Waals surface area contributed by atoms with Crippen molar-refractivity contribution >= 4 is 21.5 Å². The Kier molecular flexibility index (Phi) is 5.06. The number of anilines is 2. The molecule has 1 fully saturated rings. The van der Waals surface area contributed by atoms with Crippen molar-refractivity contribution < 1.29 is 8.42 Å². The number of rotatable bonds is 4. The number of nitrogens with one attached hydrogen (secondary N) is 1. The van der Waals surface area contributed by atoms with E-state index in [1.165, 1.54) is 5.56 Å². The van der Waals surface area contributed by atoms with Crippen LogP contribution in [0, 0.1) is 19.8 Å². The van der Waals surface area contributed by atoms with Gasteiger partial charge < -0.3 is 10.2 Å². The molecule has 2 aromatic heterocycles. The van der Waals surface area contributed by atoms with Crippen molar-refractivity contribution in [1.29, 1.82) is 0 Å². The fourth-order valence-corrected chi connectivity index (χ4v) is 6.57. The largest absolute Gasteiger partial charge is 0.370 e. The molecule has 2 aliphatic heterocycles. The second-order valence-electron chi connectivity index (χ2n) is 8.26. The highest BCUT2D eigenvalue weighted by Gasteiger charge is 2.38. The maximum absolute atomic E-state index is 13.5. The van der Waals surface area contributed by atoms with Gasteiger partial charge in [0.25, 0.3) is 0 Å². The highest BCUT2D eigenvalue weighted by Crippen LogP contribution is 2.35. The van der Waals surface area contributed by atoms with Crippen molar-refractivity contribution in [2.75, 3.05) is 36.9 Å². The van der Waals surface area contributed by atoms with E-state index in [0.717, 1.165) is 30.9 Å². The van der Waals surface area contributed by atoms with E-state index < -0.39 is 10.0 Å². The van der Waals surface area contributed by atoms with Crippen molar-refractivity contribution in [2.24, 2.45) is 13.0 Å². The third-order valence-corrected chi connectivity index (χ3v) is 8.62. The number of aryl methyl sites for hydroxylation is 2. The molecule has 8 nitrogen and oxygen atoms in total. The van der Waals surface area contributed by atoms with Crippen molar-refractivity contribution in [3.63, 3.8) is 0 Å². The molecule has 1 saturated heterocycles. The maximum Gasteiger partial charge on any atom is 0.246 e. The van der Waals surface area contributed by atoms with Gasteiger partial charge in [0.05, 0.1) is 11.4 Å².